The molecule has 1 unspecified atom stereocenters. The summed E-state index contributed by atoms with van der Waals surface area (Å²) in [5, 5.41) is 2.70. The van der Waals surface area contributed by atoms with Gasteiger partial charge in [0.25, 0.3) is 5.91 Å². The fraction of sp³-hybridized carbons (Fsp3) is 0.385. The van der Waals surface area contributed by atoms with Crippen molar-refractivity contribution in [1.29, 1.82) is 0 Å². The van der Waals surface area contributed by atoms with E-state index < -0.39 is 6.04 Å². The molecule has 0 bridgehead atoms. The van der Waals surface area contributed by atoms with Gasteiger partial charge in [0.05, 0.1) is 0 Å². The third-order valence-corrected chi connectivity index (χ3v) is 3.10. The summed E-state index contributed by atoms with van der Waals surface area (Å²) in [5.74, 6) is -0.269. The quantitative estimate of drug-likeness (QED) is 0.838. The molecule has 1 aromatic rings. The van der Waals surface area contributed by atoms with Crippen LogP contribution in [-0.2, 0) is 16.0 Å². The zero-order valence-corrected chi connectivity index (χ0v) is 10.3. The highest BCUT2D eigenvalue weighted by Gasteiger charge is 2.35. The second kappa shape index (κ2) is 4.20. The molecule has 1 heterocycles. The first kappa shape index (κ1) is 11.6. The van der Waals surface area contributed by atoms with Gasteiger partial charge in [-0.05, 0) is 18.1 Å². The SMILES string of the molecule is CCc1ccc2c(c1)C(NC(C)=O)C(=O)N2C. The molecule has 1 aliphatic rings. The standard InChI is InChI=1S/C13H16N2O2/c1-4-9-5-6-11-10(7-9)12(14-8(2)16)13(17)15(11)3/h5-7,12H,4H2,1-3H3,(H,14,16). The van der Waals surface area contributed by atoms with Crippen LogP contribution in [0.15, 0.2) is 18.2 Å². The molecule has 90 valence electrons. The molecule has 17 heavy (non-hydrogen) atoms. The number of likely N-dealkylation sites (N-methyl/N-ethyl adjacent to an activating group) is 1. The van der Waals surface area contributed by atoms with E-state index in [-0.39, 0.29) is 11.8 Å². The van der Waals surface area contributed by atoms with Crippen LogP contribution in [0.1, 0.15) is 31.0 Å². The molecule has 1 aromatic carbocycles. The number of rotatable bonds is 2. The smallest absolute Gasteiger partial charge is 0.254 e. The minimum atomic E-state index is -0.529. The lowest BCUT2D eigenvalue weighted by Gasteiger charge is -2.11. The Labute approximate surface area is 101 Å². The number of amides is 2. The second-order valence-electron chi connectivity index (χ2n) is 4.28. The number of carbonyl (C=O) groups is 2. The Bertz CT molecular complexity index is 482. The molecule has 0 spiro atoms. The van der Waals surface area contributed by atoms with Gasteiger partial charge >= 0.3 is 0 Å². The van der Waals surface area contributed by atoms with Gasteiger partial charge in [-0.1, -0.05) is 19.1 Å². The summed E-state index contributed by atoms with van der Waals surface area (Å²) < 4.78 is 0. The summed E-state index contributed by atoms with van der Waals surface area (Å²) in [5.41, 5.74) is 2.94. The van der Waals surface area contributed by atoms with Gasteiger partial charge in [-0.2, -0.15) is 0 Å². The lowest BCUT2D eigenvalue weighted by molar-refractivity contribution is -0.125. The van der Waals surface area contributed by atoms with E-state index in [1.165, 1.54) is 12.5 Å². The van der Waals surface area contributed by atoms with Crippen LogP contribution < -0.4 is 10.2 Å². The van der Waals surface area contributed by atoms with Gasteiger partial charge in [-0.25, -0.2) is 0 Å². The van der Waals surface area contributed by atoms with Crippen LogP contribution in [0.5, 0.6) is 0 Å². The topological polar surface area (TPSA) is 49.4 Å². The van der Waals surface area contributed by atoms with Crippen molar-refractivity contribution in [3.05, 3.63) is 29.3 Å². The van der Waals surface area contributed by atoms with Gasteiger partial charge in [-0.15, -0.1) is 0 Å². The Balaban J connectivity index is 2.45. The van der Waals surface area contributed by atoms with E-state index in [0.29, 0.717) is 0 Å². The molecule has 0 saturated carbocycles. The number of anilines is 1. The first-order valence-electron chi connectivity index (χ1n) is 5.72. The highest BCUT2D eigenvalue weighted by Crippen LogP contribution is 2.35. The Morgan fingerprint density at radius 2 is 2.18 bits per heavy atom. The predicted molar refractivity (Wildman–Crippen MR) is 65.8 cm³/mol. The Hall–Kier alpha value is -1.84. The average Bonchev–Trinajstić information content (AvgIpc) is 2.53. The summed E-state index contributed by atoms with van der Waals surface area (Å²) in [6.07, 6.45) is 0.915. The van der Waals surface area contributed by atoms with Crippen molar-refractivity contribution in [1.82, 2.24) is 5.32 Å². The Morgan fingerprint density at radius 1 is 1.47 bits per heavy atom. The van der Waals surface area contributed by atoms with Gasteiger partial charge in [0, 0.05) is 25.2 Å². The molecule has 0 aliphatic carbocycles. The van der Waals surface area contributed by atoms with Crippen molar-refractivity contribution in [3.63, 3.8) is 0 Å². The van der Waals surface area contributed by atoms with Gasteiger partial charge < -0.3 is 10.2 Å². The number of fused-ring (bicyclic) bond motifs is 1. The molecule has 1 N–H and O–H groups in total. The van der Waals surface area contributed by atoms with Crippen LogP contribution in [0, 0.1) is 0 Å². The zero-order chi connectivity index (χ0) is 12.6. The van der Waals surface area contributed by atoms with Gasteiger partial charge in [0.2, 0.25) is 5.91 Å². The number of nitrogens with zero attached hydrogens (tertiary/aromatic N) is 1. The highest BCUT2D eigenvalue weighted by atomic mass is 16.2. The van der Waals surface area contributed by atoms with Gasteiger partial charge in [0.1, 0.15) is 6.04 Å². The molecule has 0 fully saturated rings. The van der Waals surface area contributed by atoms with Crippen molar-refractivity contribution in [3.8, 4) is 0 Å². The van der Waals surface area contributed by atoms with Crippen LogP contribution in [0.4, 0.5) is 5.69 Å². The normalized spacial score (nSPS) is 18.2. The molecule has 2 rings (SSSR count). The summed E-state index contributed by atoms with van der Waals surface area (Å²) in [4.78, 5) is 24.7. The molecule has 0 radical (unpaired) electrons. The monoisotopic (exact) mass is 232 g/mol. The third kappa shape index (κ3) is 1.90. The number of nitrogens with one attached hydrogen (secondary N) is 1. The fourth-order valence-corrected chi connectivity index (χ4v) is 2.15. The van der Waals surface area contributed by atoms with Crippen molar-refractivity contribution in [2.75, 3.05) is 11.9 Å². The molecular formula is C13H16N2O2. The maximum atomic E-state index is 12.0. The van der Waals surface area contributed by atoms with Crippen LogP contribution in [-0.4, -0.2) is 18.9 Å². The lowest BCUT2D eigenvalue weighted by Crippen LogP contribution is -2.34. The predicted octanol–water partition coefficient (Wildman–Crippen LogP) is 1.40. The molecule has 2 amide bonds. The van der Waals surface area contributed by atoms with Crippen molar-refractivity contribution < 1.29 is 9.59 Å². The number of carbonyl (C=O) groups excluding carboxylic acids is 2. The summed E-state index contributed by atoms with van der Waals surface area (Å²) in [6.45, 7) is 3.49. The lowest BCUT2D eigenvalue weighted by atomic mass is 10.0. The van der Waals surface area contributed by atoms with Crippen LogP contribution >= 0.6 is 0 Å². The van der Waals surface area contributed by atoms with Crippen molar-refractivity contribution in [2.24, 2.45) is 0 Å². The first-order valence-corrected chi connectivity index (χ1v) is 5.72. The molecule has 4 heteroatoms. The van der Waals surface area contributed by atoms with E-state index in [0.717, 1.165) is 17.7 Å². The number of benzene rings is 1. The van der Waals surface area contributed by atoms with E-state index in [1.807, 2.05) is 18.2 Å². The summed E-state index contributed by atoms with van der Waals surface area (Å²) in [6, 6.07) is 5.42. The van der Waals surface area contributed by atoms with E-state index in [1.54, 1.807) is 11.9 Å². The molecule has 0 aromatic heterocycles. The summed E-state index contributed by atoms with van der Waals surface area (Å²) in [7, 11) is 1.73. The van der Waals surface area contributed by atoms with Gasteiger partial charge in [-0.3, -0.25) is 9.59 Å². The minimum Gasteiger partial charge on any atom is -0.341 e. The molecule has 1 atom stereocenters. The minimum absolute atomic E-state index is 0.0801. The van der Waals surface area contributed by atoms with Crippen molar-refractivity contribution in [2.45, 2.75) is 26.3 Å². The highest BCUT2D eigenvalue weighted by molar-refractivity contribution is 6.05. The number of hydrogen-bond acceptors (Lipinski definition) is 2. The maximum Gasteiger partial charge on any atom is 0.254 e. The fourth-order valence-electron chi connectivity index (χ4n) is 2.15. The van der Waals surface area contributed by atoms with E-state index >= 15 is 0 Å². The number of aryl methyl sites for hydroxylation is 1. The average molecular weight is 232 g/mol. The molecule has 1 aliphatic heterocycles. The van der Waals surface area contributed by atoms with E-state index in [2.05, 4.69) is 12.2 Å². The summed E-state index contributed by atoms with van der Waals surface area (Å²) >= 11 is 0. The second-order valence-corrected chi connectivity index (χ2v) is 4.28. The third-order valence-electron chi connectivity index (χ3n) is 3.10. The van der Waals surface area contributed by atoms with E-state index in [9.17, 15) is 9.59 Å². The maximum absolute atomic E-state index is 12.0. The van der Waals surface area contributed by atoms with Crippen molar-refractivity contribution >= 4 is 17.5 Å². The molecular weight excluding hydrogens is 216 g/mol. The molecule has 4 nitrogen and oxygen atoms in total. The van der Waals surface area contributed by atoms with Crippen LogP contribution in [0.25, 0.3) is 0 Å². The van der Waals surface area contributed by atoms with Crippen LogP contribution in [0.3, 0.4) is 0 Å². The van der Waals surface area contributed by atoms with Gasteiger partial charge in [0.15, 0.2) is 0 Å². The Morgan fingerprint density at radius 3 is 2.76 bits per heavy atom. The zero-order valence-electron chi connectivity index (χ0n) is 10.3. The van der Waals surface area contributed by atoms with Crippen LogP contribution in [0.2, 0.25) is 0 Å². The number of hydrogen-bond donors (Lipinski definition) is 1. The Kier molecular flexibility index (Phi) is 2.88. The largest absolute Gasteiger partial charge is 0.341 e. The van der Waals surface area contributed by atoms with E-state index in [4.69, 9.17) is 0 Å². The first-order chi connectivity index (χ1) is 8.04. The molecule has 0 saturated heterocycles.